The molecule has 4 heterocycles. The molecule has 0 fully saturated rings. The van der Waals surface area contributed by atoms with Gasteiger partial charge in [0.05, 0.1) is 41.0 Å². The van der Waals surface area contributed by atoms with Crippen molar-refractivity contribution in [2.45, 2.75) is 0 Å². The Labute approximate surface area is 149 Å². The van der Waals surface area contributed by atoms with E-state index in [0.717, 1.165) is 40.1 Å². The normalized spacial score (nSPS) is 15.4. The maximum Gasteiger partial charge on any atom is 0.150 e. The molecule has 0 unspecified atom stereocenters. The number of benzene rings is 1. The number of carbonyl (C=O) groups excluding carboxylic acids is 1. The van der Waals surface area contributed by atoms with Gasteiger partial charge in [0, 0.05) is 18.0 Å². The molecule has 2 aliphatic rings. The summed E-state index contributed by atoms with van der Waals surface area (Å²) in [6.45, 7) is 0.556. The maximum atomic E-state index is 11.1. The molecule has 26 heavy (non-hydrogen) atoms. The van der Waals surface area contributed by atoms with Gasteiger partial charge in [-0.1, -0.05) is 0 Å². The van der Waals surface area contributed by atoms with Crippen molar-refractivity contribution in [3.05, 3.63) is 66.3 Å². The molecule has 0 atom stereocenters. The second kappa shape index (κ2) is 5.38. The lowest BCUT2D eigenvalue weighted by Gasteiger charge is -2.28. The molecule has 126 valence electrons. The van der Waals surface area contributed by atoms with Gasteiger partial charge in [-0.2, -0.15) is 0 Å². The first kappa shape index (κ1) is 14.6. The number of nitrogens with two attached hydrogens (primary N) is 1. The third-order valence-electron chi connectivity index (χ3n) is 4.56. The first-order chi connectivity index (χ1) is 12.7. The average molecular weight is 342 g/mol. The molecule has 7 nitrogen and oxygen atoms in total. The van der Waals surface area contributed by atoms with Crippen LogP contribution >= 0.6 is 0 Å². The van der Waals surface area contributed by atoms with Crippen LogP contribution in [-0.4, -0.2) is 28.8 Å². The Morgan fingerprint density at radius 3 is 2.92 bits per heavy atom. The minimum atomic E-state index is 0.450. The van der Waals surface area contributed by atoms with Gasteiger partial charge in [-0.3, -0.25) is 14.8 Å². The van der Waals surface area contributed by atoms with Gasteiger partial charge in [-0.05, 0) is 36.4 Å². The minimum absolute atomic E-state index is 0.450. The Bertz CT molecular complexity index is 1120. The molecule has 2 N–H and O–H groups in total. The van der Waals surface area contributed by atoms with Crippen molar-refractivity contribution in [1.82, 2.24) is 9.97 Å². The molecule has 1 aromatic carbocycles. The van der Waals surface area contributed by atoms with Gasteiger partial charge >= 0.3 is 0 Å². The number of anilines is 2. The largest absolute Gasteiger partial charge is 0.382 e. The van der Waals surface area contributed by atoms with E-state index in [4.69, 9.17) is 5.73 Å². The minimum Gasteiger partial charge on any atom is -0.382 e. The average Bonchev–Trinajstić information content (AvgIpc) is 3.14. The van der Waals surface area contributed by atoms with E-state index in [1.54, 1.807) is 12.3 Å². The van der Waals surface area contributed by atoms with Crippen LogP contribution in [0.5, 0.6) is 0 Å². The highest BCUT2D eigenvalue weighted by Gasteiger charge is 2.30. The summed E-state index contributed by atoms with van der Waals surface area (Å²) < 4.78 is 0. The van der Waals surface area contributed by atoms with Crippen molar-refractivity contribution < 1.29 is 4.79 Å². The molecule has 3 aromatic rings. The lowest BCUT2D eigenvalue weighted by Crippen LogP contribution is -2.33. The van der Waals surface area contributed by atoms with Gasteiger partial charge in [0.1, 0.15) is 17.8 Å². The highest BCUT2D eigenvalue weighted by atomic mass is 16.1. The van der Waals surface area contributed by atoms with Crippen molar-refractivity contribution in [3.63, 3.8) is 0 Å². The van der Waals surface area contributed by atoms with Crippen LogP contribution in [0.15, 0.2) is 65.7 Å². The van der Waals surface area contributed by atoms with Crippen LogP contribution in [-0.2, 0) is 0 Å². The molecular formula is C19H14N6O. The van der Waals surface area contributed by atoms with Crippen molar-refractivity contribution in [1.29, 1.82) is 0 Å². The summed E-state index contributed by atoms with van der Waals surface area (Å²) in [6, 6.07) is 11.2. The third-order valence-corrected chi connectivity index (χ3v) is 4.56. The topological polar surface area (TPSA) is 87.7 Å². The van der Waals surface area contributed by atoms with Crippen LogP contribution in [0.25, 0.3) is 11.0 Å². The molecule has 0 radical (unpaired) electrons. The fourth-order valence-electron chi connectivity index (χ4n) is 3.26. The Kier molecular flexibility index (Phi) is 3.02. The van der Waals surface area contributed by atoms with Gasteiger partial charge in [0.15, 0.2) is 0 Å². The van der Waals surface area contributed by atoms with Gasteiger partial charge in [0.25, 0.3) is 0 Å². The van der Waals surface area contributed by atoms with Crippen LogP contribution in [0.1, 0.15) is 10.4 Å². The molecule has 2 aromatic heterocycles. The molecule has 0 saturated heterocycles. The fourth-order valence-corrected chi connectivity index (χ4v) is 3.26. The molecule has 0 amide bonds. The number of fused-ring (bicyclic) bond motifs is 4. The molecule has 0 spiro atoms. The highest BCUT2D eigenvalue weighted by molar-refractivity contribution is 6.07. The molecule has 0 aliphatic carbocycles. The number of carbonyl (C=O) groups is 1. The van der Waals surface area contributed by atoms with Crippen LogP contribution in [0.2, 0.25) is 0 Å². The third kappa shape index (κ3) is 2.14. The van der Waals surface area contributed by atoms with E-state index in [-0.39, 0.29) is 0 Å². The summed E-state index contributed by atoms with van der Waals surface area (Å²) in [6.07, 6.45) is 6.34. The van der Waals surface area contributed by atoms with E-state index in [1.165, 1.54) is 0 Å². The standard InChI is InChI=1S/C19H14N6O/c20-19-18-9-24(13-7-16-14(22-8-13)2-1-5-21-16)11-25(18)17-6-12(10-26)3-4-15(17)23-19/h1-10H,11H2,(H2,20,23). The summed E-state index contributed by atoms with van der Waals surface area (Å²) >= 11 is 0. The van der Waals surface area contributed by atoms with Gasteiger partial charge in [-0.15, -0.1) is 0 Å². The molecule has 0 saturated carbocycles. The SMILES string of the molecule is NC1=Nc2ccc(C=O)cc2N2CN(c3cnc4cccnc4c3)C=C12. The smallest absolute Gasteiger partial charge is 0.150 e. The summed E-state index contributed by atoms with van der Waals surface area (Å²) in [5.41, 5.74) is 11.8. The van der Waals surface area contributed by atoms with E-state index >= 15 is 0 Å². The van der Waals surface area contributed by atoms with Crippen LogP contribution in [0.3, 0.4) is 0 Å². The zero-order valence-electron chi connectivity index (χ0n) is 13.7. The van der Waals surface area contributed by atoms with E-state index in [9.17, 15) is 4.79 Å². The molecule has 7 heteroatoms. The van der Waals surface area contributed by atoms with Crippen LogP contribution in [0, 0.1) is 0 Å². The number of rotatable bonds is 2. The van der Waals surface area contributed by atoms with E-state index in [0.29, 0.717) is 18.1 Å². The number of amidine groups is 1. The Hall–Kier alpha value is -3.74. The van der Waals surface area contributed by atoms with E-state index in [2.05, 4.69) is 15.0 Å². The number of aromatic nitrogens is 2. The summed E-state index contributed by atoms with van der Waals surface area (Å²) in [7, 11) is 0. The number of hydrogen-bond acceptors (Lipinski definition) is 7. The highest BCUT2D eigenvalue weighted by Crippen LogP contribution is 2.39. The molecule has 2 aliphatic heterocycles. The maximum absolute atomic E-state index is 11.1. The predicted molar refractivity (Wildman–Crippen MR) is 101 cm³/mol. The zero-order chi connectivity index (χ0) is 17.7. The lowest BCUT2D eigenvalue weighted by atomic mass is 10.1. The van der Waals surface area contributed by atoms with Gasteiger partial charge < -0.3 is 15.5 Å². The van der Waals surface area contributed by atoms with Crippen molar-refractivity contribution in [2.24, 2.45) is 10.7 Å². The quantitative estimate of drug-likeness (QED) is 0.720. The van der Waals surface area contributed by atoms with Crippen molar-refractivity contribution in [2.75, 3.05) is 16.5 Å². The monoisotopic (exact) mass is 342 g/mol. The first-order valence-electron chi connectivity index (χ1n) is 8.13. The van der Waals surface area contributed by atoms with E-state index < -0.39 is 0 Å². The first-order valence-corrected chi connectivity index (χ1v) is 8.13. The zero-order valence-corrected chi connectivity index (χ0v) is 13.7. The summed E-state index contributed by atoms with van der Waals surface area (Å²) in [5.74, 6) is 0.450. The summed E-state index contributed by atoms with van der Waals surface area (Å²) in [4.78, 5) is 28.5. The Balaban J connectivity index is 1.57. The van der Waals surface area contributed by atoms with E-state index in [1.807, 2.05) is 52.5 Å². The number of aliphatic imine (C=N–C) groups is 1. The van der Waals surface area contributed by atoms with Gasteiger partial charge in [0.2, 0.25) is 0 Å². The Morgan fingerprint density at radius 1 is 1.12 bits per heavy atom. The predicted octanol–water partition coefficient (Wildman–Crippen LogP) is 2.57. The second-order valence-electron chi connectivity index (χ2n) is 6.15. The molecule has 5 rings (SSSR count). The number of pyridine rings is 2. The Morgan fingerprint density at radius 2 is 2.04 bits per heavy atom. The molecular weight excluding hydrogens is 328 g/mol. The summed E-state index contributed by atoms with van der Waals surface area (Å²) in [5, 5.41) is 0. The van der Waals surface area contributed by atoms with Crippen LogP contribution < -0.4 is 15.5 Å². The van der Waals surface area contributed by atoms with Crippen molar-refractivity contribution >= 4 is 40.2 Å². The van der Waals surface area contributed by atoms with Crippen molar-refractivity contribution in [3.8, 4) is 0 Å². The number of aldehydes is 1. The van der Waals surface area contributed by atoms with Gasteiger partial charge in [-0.25, -0.2) is 4.99 Å². The lowest BCUT2D eigenvalue weighted by molar-refractivity contribution is 0.112. The second-order valence-corrected chi connectivity index (χ2v) is 6.15. The fraction of sp³-hybridized carbons (Fsp3) is 0.0526. The number of hydrogen-bond donors (Lipinski definition) is 1. The number of nitrogens with zero attached hydrogens (tertiary/aromatic N) is 5. The van der Waals surface area contributed by atoms with Crippen LogP contribution in [0.4, 0.5) is 17.1 Å². The molecule has 0 bridgehead atoms.